The molecule has 10 heteroatoms. The minimum atomic E-state index is 0.0470. The predicted molar refractivity (Wildman–Crippen MR) is 104 cm³/mol. The van der Waals surface area contributed by atoms with Crippen molar-refractivity contribution in [1.82, 2.24) is 10.3 Å². The van der Waals surface area contributed by atoms with Crippen molar-refractivity contribution >= 4 is 29.5 Å². The summed E-state index contributed by atoms with van der Waals surface area (Å²) in [5, 5.41) is 14.3. The van der Waals surface area contributed by atoms with Crippen LogP contribution in [0.2, 0.25) is 5.02 Å². The summed E-state index contributed by atoms with van der Waals surface area (Å²) in [5.74, 6) is 1.39. The topological polar surface area (TPSA) is 136 Å². The van der Waals surface area contributed by atoms with Gasteiger partial charge in [-0.1, -0.05) is 23.7 Å². The summed E-state index contributed by atoms with van der Waals surface area (Å²) in [4.78, 5) is 0. The number of benzene rings is 2. The molecular weight excluding hydrogens is 384 g/mol. The third kappa shape index (κ3) is 4.57. The highest BCUT2D eigenvalue weighted by molar-refractivity contribution is 6.32. The largest absolute Gasteiger partial charge is 0.496 e. The third-order valence-corrected chi connectivity index (χ3v) is 4.01. The second-order valence-corrected chi connectivity index (χ2v) is 5.97. The van der Waals surface area contributed by atoms with E-state index in [0.29, 0.717) is 16.5 Å². The van der Waals surface area contributed by atoms with Crippen LogP contribution in [0.3, 0.4) is 0 Å². The highest BCUT2D eigenvalue weighted by Gasteiger charge is 2.12. The zero-order chi connectivity index (χ0) is 19.9. The summed E-state index contributed by atoms with van der Waals surface area (Å²) >= 11 is 6.12. The maximum Gasteiger partial charge on any atom is 0.224 e. The molecule has 0 aliphatic carbocycles. The van der Waals surface area contributed by atoms with Gasteiger partial charge in [0.1, 0.15) is 18.1 Å². The number of hydrazone groups is 1. The van der Waals surface area contributed by atoms with Gasteiger partial charge in [0, 0.05) is 16.2 Å². The van der Waals surface area contributed by atoms with Gasteiger partial charge in [-0.15, -0.1) is 5.10 Å². The summed E-state index contributed by atoms with van der Waals surface area (Å²) in [7, 11) is 1.59. The number of anilines is 1. The Morgan fingerprint density at radius 2 is 2.07 bits per heavy atom. The fourth-order valence-electron chi connectivity index (χ4n) is 2.32. The Labute approximate surface area is 165 Å². The zero-order valence-electron chi connectivity index (χ0n) is 14.9. The van der Waals surface area contributed by atoms with E-state index in [4.69, 9.17) is 32.5 Å². The molecular formula is C18H18ClN6O3+. The minimum Gasteiger partial charge on any atom is -0.496 e. The molecule has 144 valence electrons. The number of rotatable bonds is 7. The summed E-state index contributed by atoms with van der Waals surface area (Å²) in [6, 6.07) is 12.8. The summed E-state index contributed by atoms with van der Waals surface area (Å²) in [5.41, 5.74) is 13.2. The van der Waals surface area contributed by atoms with Crippen molar-refractivity contribution in [2.45, 2.75) is 6.61 Å². The van der Waals surface area contributed by atoms with Gasteiger partial charge < -0.3 is 20.9 Å². The van der Waals surface area contributed by atoms with Gasteiger partial charge >= 0.3 is 0 Å². The van der Waals surface area contributed by atoms with E-state index >= 15 is 0 Å². The molecule has 0 aliphatic heterocycles. The fourth-order valence-corrected chi connectivity index (χ4v) is 2.51. The molecule has 1 heterocycles. The number of hydrogen-bond acceptors (Lipinski definition) is 7. The van der Waals surface area contributed by atoms with Crippen molar-refractivity contribution in [1.29, 1.82) is 0 Å². The van der Waals surface area contributed by atoms with Crippen LogP contribution in [0.1, 0.15) is 16.8 Å². The molecule has 3 aromatic rings. The van der Waals surface area contributed by atoms with E-state index in [0.717, 1.165) is 11.1 Å². The number of nitrogen functional groups attached to an aromatic ring is 1. The lowest BCUT2D eigenvalue weighted by atomic mass is 10.1. The summed E-state index contributed by atoms with van der Waals surface area (Å²) in [6.07, 6.45) is 1.65. The van der Waals surface area contributed by atoms with Gasteiger partial charge in [-0.25, -0.2) is 4.63 Å². The van der Waals surface area contributed by atoms with Gasteiger partial charge in [-0.05, 0) is 40.6 Å². The lowest BCUT2D eigenvalue weighted by Crippen LogP contribution is -2.63. The third-order valence-electron chi connectivity index (χ3n) is 3.70. The van der Waals surface area contributed by atoms with Crippen LogP contribution in [0.25, 0.3) is 0 Å². The van der Waals surface area contributed by atoms with E-state index in [1.807, 2.05) is 30.3 Å². The maximum absolute atomic E-state index is 6.12. The van der Waals surface area contributed by atoms with Crippen LogP contribution in [-0.4, -0.2) is 29.5 Å². The smallest absolute Gasteiger partial charge is 0.224 e. The highest BCUT2D eigenvalue weighted by atomic mass is 35.5. The van der Waals surface area contributed by atoms with Crippen LogP contribution in [-0.2, 0) is 6.61 Å². The first-order valence-electron chi connectivity index (χ1n) is 8.13. The Morgan fingerprint density at radius 1 is 1.25 bits per heavy atom. The average Bonchev–Trinajstić information content (AvgIpc) is 3.13. The van der Waals surface area contributed by atoms with E-state index in [2.05, 4.69) is 25.1 Å². The molecule has 0 spiro atoms. The molecule has 0 aliphatic rings. The molecule has 0 saturated heterocycles. The molecule has 0 amide bonds. The summed E-state index contributed by atoms with van der Waals surface area (Å²) < 4.78 is 15.7. The Kier molecular flexibility index (Phi) is 6.07. The first kappa shape index (κ1) is 19.2. The number of amidine groups is 1. The van der Waals surface area contributed by atoms with Crippen LogP contribution in [0.5, 0.6) is 11.5 Å². The molecule has 0 fully saturated rings. The Hall–Kier alpha value is -3.59. The molecule has 3 rings (SSSR count). The van der Waals surface area contributed by atoms with Gasteiger partial charge in [0.05, 0.1) is 12.1 Å². The van der Waals surface area contributed by atoms with Crippen molar-refractivity contribution < 1.29 is 19.2 Å². The van der Waals surface area contributed by atoms with Crippen molar-refractivity contribution in [3.63, 3.8) is 0 Å². The molecule has 0 atom stereocenters. The Balaban J connectivity index is 1.75. The number of nitrogens with zero attached hydrogens (tertiary/aromatic N) is 3. The molecule has 0 bridgehead atoms. The molecule has 5 N–H and O–H groups in total. The maximum atomic E-state index is 6.12. The van der Waals surface area contributed by atoms with E-state index in [1.165, 1.54) is 0 Å². The number of nitrogens with two attached hydrogens (primary N) is 2. The molecule has 1 aromatic heterocycles. The number of nitrogens with one attached hydrogen (secondary N) is 1. The Morgan fingerprint density at radius 3 is 2.79 bits per heavy atom. The van der Waals surface area contributed by atoms with Gasteiger partial charge in [0.2, 0.25) is 12.1 Å². The van der Waals surface area contributed by atoms with E-state index in [1.54, 1.807) is 25.5 Å². The Bertz CT molecular complexity index is 1020. The number of halogens is 1. The molecule has 0 saturated carbocycles. The number of hydrogen-bond donors (Lipinski definition) is 3. The molecule has 0 radical (unpaired) electrons. The highest BCUT2D eigenvalue weighted by Crippen LogP contribution is 2.26. The monoisotopic (exact) mass is 401 g/mol. The molecule has 2 aromatic carbocycles. The van der Waals surface area contributed by atoms with Gasteiger partial charge in [0.25, 0.3) is 0 Å². The first-order chi connectivity index (χ1) is 13.6. The quantitative estimate of drug-likeness (QED) is 0.301. The van der Waals surface area contributed by atoms with Crippen LogP contribution in [0, 0.1) is 0 Å². The molecule has 9 nitrogen and oxygen atoms in total. The zero-order valence-corrected chi connectivity index (χ0v) is 15.7. The normalized spacial score (nSPS) is 11.7. The van der Waals surface area contributed by atoms with E-state index in [-0.39, 0.29) is 24.0 Å². The van der Waals surface area contributed by atoms with Crippen LogP contribution in [0.15, 0.2) is 52.2 Å². The van der Waals surface area contributed by atoms with Crippen LogP contribution < -0.4 is 26.0 Å². The van der Waals surface area contributed by atoms with Crippen LogP contribution >= 0.6 is 11.6 Å². The van der Waals surface area contributed by atoms with Crippen LogP contribution in [0.4, 0.5) is 5.82 Å². The second-order valence-electron chi connectivity index (χ2n) is 5.56. The van der Waals surface area contributed by atoms with Crippen molar-refractivity contribution in [2.75, 3.05) is 12.8 Å². The van der Waals surface area contributed by atoms with Crippen molar-refractivity contribution in [3.05, 3.63) is 64.3 Å². The molecule has 28 heavy (non-hydrogen) atoms. The number of ether oxygens (including phenoxy) is 2. The number of methoxy groups -OCH3 is 1. The molecule has 0 unspecified atom stereocenters. The van der Waals surface area contributed by atoms with E-state index < -0.39 is 0 Å². The van der Waals surface area contributed by atoms with Crippen molar-refractivity contribution in [3.8, 4) is 11.5 Å². The summed E-state index contributed by atoms with van der Waals surface area (Å²) in [6.45, 7) is 0.279. The minimum absolute atomic E-state index is 0.0470. The van der Waals surface area contributed by atoms with Gasteiger partial charge in [-0.2, -0.15) is 0 Å². The SMILES string of the molecule is COc1ccc(/C=[NH+]/N=C(N)c2nonc2N)cc1COc1ccccc1Cl. The standard InChI is InChI=1S/C18H17ClN6O3/c1-26-14-7-6-11(9-22-23-17(20)16-18(21)25-28-24-16)8-12(14)10-27-15-5-3-2-4-13(15)19/h2-9H,10H2,1H3,(H2,20,23)(H2,21,25)/p+1/b22-9+. The second kappa shape index (κ2) is 8.87. The van der Waals surface area contributed by atoms with Crippen molar-refractivity contribution in [2.24, 2.45) is 10.8 Å². The first-order valence-corrected chi connectivity index (χ1v) is 8.51. The fraction of sp³-hybridized carbons (Fsp3) is 0.111. The van der Waals surface area contributed by atoms with Gasteiger partial charge in [-0.3, -0.25) is 0 Å². The lowest BCUT2D eigenvalue weighted by Gasteiger charge is -2.11. The predicted octanol–water partition coefficient (Wildman–Crippen LogP) is 0.713. The average molecular weight is 402 g/mol. The number of aromatic nitrogens is 2. The van der Waals surface area contributed by atoms with Gasteiger partial charge in [0.15, 0.2) is 11.5 Å². The number of para-hydroxylation sites is 1. The lowest BCUT2D eigenvalue weighted by molar-refractivity contribution is -0.456. The van der Waals surface area contributed by atoms with E-state index in [9.17, 15) is 0 Å².